The molecule has 6 heteroatoms. The Morgan fingerprint density at radius 2 is 1.79 bits per heavy atom. The lowest BCUT2D eigenvalue weighted by Gasteiger charge is -2.16. The summed E-state index contributed by atoms with van der Waals surface area (Å²) in [5.41, 5.74) is 6.00. The molecule has 4 aromatic rings. The number of carbonyl (C=O) groups is 1. The quantitative estimate of drug-likeness (QED) is 0.551. The van der Waals surface area contributed by atoms with Crippen molar-refractivity contribution >= 4 is 22.6 Å². The molecule has 0 N–H and O–H groups in total. The molecule has 6 nitrogen and oxygen atoms in total. The Morgan fingerprint density at radius 3 is 2.57 bits per heavy atom. The van der Waals surface area contributed by atoms with Gasteiger partial charge in [0.25, 0.3) is 0 Å². The van der Waals surface area contributed by atoms with Gasteiger partial charge in [0.2, 0.25) is 5.91 Å². The van der Waals surface area contributed by atoms with Gasteiger partial charge in [0, 0.05) is 60.8 Å². The molecule has 1 saturated heterocycles. The van der Waals surface area contributed by atoms with Crippen molar-refractivity contribution in [2.45, 2.75) is 12.8 Å². The van der Waals surface area contributed by atoms with Gasteiger partial charge in [-0.2, -0.15) is 5.10 Å². The highest BCUT2D eigenvalue weighted by Crippen LogP contribution is 2.31. The molecule has 0 aliphatic carbocycles. The monoisotopic (exact) mass is 369 g/mol. The lowest BCUT2D eigenvalue weighted by atomic mass is 10.0. The zero-order valence-corrected chi connectivity index (χ0v) is 15.5. The van der Waals surface area contributed by atoms with Gasteiger partial charge in [-0.15, -0.1) is 0 Å². The number of hydrogen-bond donors (Lipinski definition) is 0. The number of amides is 1. The molecule has 28 heavy (non-hydrogen) atoms. The van der Waals surface area contributed by atoms with Crippen molar-refractivity contribution < 1.29 is 4.79 Å². The van der Waals surface area contributed by atoms with E-state index in [1.807, 2.05) is 60.9 Å². The van der Waals surface area contributed by atoms with Crippen LogP contribution in [0.5, 0.6) is 0 Å². The maximum atomic E-state index is 11.9. The Bertz CT molecular complexity index is 1180. The number of rotatable bonds is 3. The van der Waals surface area contributed by atoms with Crippen LogP contribution in [0.15, 0.2) is 61.2 Å². The first kappa shape index (κ1) is 16.6. The minimum absolute atomic E-state index is 0.203. The van der Waals surface area contributed by atoms with Crippen molar-refractivity contribution in [1.29, 1.82) is 0 Å². The Balaban J connectivity index is 1.51. The van der Waals surface area contributed by atoms with E-state index in [0.717, 1.165) is 51.9 Å². The number of hydrogen-bond acceptors (Lipinski definition) is 4. The summed E-state index contributed by atoms with van der Waals surface area (Å²) in [6.45, 7) is 0.804. The van der Waals surface area contributed by atoms with E-state index in [1.165, 1.54) is 0 Å². The lowest BCUT2D eigenvalue weighted by molar-refractivity contribution is -0.117. The Morgan fingerprint density at radius 1 is 0.964 bits per heavy atom. The second-order valence-electron chi connectivity index (χ2n) is 7.02. The standard InChI is InChI=1S/C22H19N5O/c1-26-22-20(14-25-26)19(8-9-24-22)17-11-16(12-23-13-17)15-4-6-18(7-5-15)27-10-2-3-21(27)28/h4-9,11-14H,2-3,10H2,1H3. The van der Waals surface area contributed by atoms with Crippen LogP contribution < -0.4 is 4.90 Å². The molecule has 3 aromatic heterocycles. The van der Waals surface area contributed by atoms with Crippen molar-refractivity contribution in [3.63, 3.8) is 0 Å². The number of anilines is 1. The third kappa shape index (κ3) is 2.74. The van der Waals surface area contributed by atoms with Gasteiger partial charge in [-0.1, -0.05) is 12.1 Å². The van der Waals surface area contributed by atoms with Gasteiger partial charge >= 0.3 is 0 Å². The Kier molecular flexibility index (Phi) is 3.90. The smallest absolute Gasteiger partial charge is 0.227 e. The summed E-state index contributed by atoms with van der Waals surface area (Å²) >= 11 is 0. The number of nitrogens with zero attached hydrogens (tertiary/aromatic N) is 5. The van der Waals surface area contributed by atoms with Gasteiger partial charge in [-0.25, -0.2) is 4.98 Å². The first-order valence-electron chi connectivity index (χ1n) is 9.34. The molecular formula is C22H19N5O. The average molecular weight is 369 g/mol. The van der Waals surface area contributed by atoms with Crippen molar-refractivity contribution in [2.24, 2.45) is 7.05 Å². The normalized spacial score (nSPS) is 14.2. The van der Waals surface area contributed by atoms with E-state index in [9.17, 15) is 4.79 Å². The summed E-state index contributed by atoms with van der Waals surface area (Å²) in [6, 6.07) is 12.2. The Hall–Kier alpha value is -3.54. The predicted molar refractivity (Wildman–Crippen MR) is 109 cm³/mol. The van der Waals surface area contributed by atoms with E-state index in [2.05, 4.69) is 21.1 Å². The van der Waals surface area contributed by atoms with Crippen LogP contribution in [-0.4, -0.2) is 32.2 Å². The largest absolute Gasteiger partial charge is 0.312 e. The third-order valence-electron chi connectivity index (χ3n) is 5.27. The average Bonchev–Trinajstić information content (AvgIpc) is 3.34. The van der Waals surface area contributed by atoms with Crippen LogP contribution in [0.1, 0.15) is 12.8 Å². The molecule has 0 radical (unpaired) electrons. The van der Waals surface area contributed by atoms with Crippen LogP contribution in [0.2, 0.25) is 0 Å². The summed E-state index contributed by atoms with van der Waals surface area (Å²) in [6.07, 6.45) is 8.94. The van der Waals surface area contributed by atoms with E-state index in [-0.39, 0.29) is 5.91 Å². The van der Waals surface area contributed by atoms with Crippen LogP contribution in [0.25, 0.3) is 33.3 Å². The second-order valence-corrected chi connectivity index (χ2v) is 7.02. The molecule has 1 aliphatic rings. The lowest BCUT2D eigenvalue weighted by Crippen LogP contribution is -2.23. The first-order valence-corrected chi connectivity index (χ1v) is 9.34. The van der Waals surface area contributed by atoms with Gasteiger partial charge in [0.05, 0.1) is 6.20 Å². The molecule has 4 heterocycles. The van der Waals surface area contributed by atoms with Crippen LogP contribution in [0.3, 0.4) is 0 Å². The van der Waals surface area contributed by atoms with Crippen molar-refractivity contribution in [3.05, 3.63) is 61.2 Å². The first-order chi connectivity index (χ1) is 13.7. The third-order valence-corrected chi connectivity index (χ3v) is 5.27. The van der Waals surface area contributed by atoms with E-state index in [4.69, 9.17) is 0 Å². The van der Waals surface area contributed by atoms with Gasteiger partial charge in [-0.05, 0) is 41.8 Å². The number of aromatic nitrogens is 4. The summed E-state index contributed by atoms with van der Waals surface area (Å²) in [7, 11) is 1.89. The molecule has 1 fully saturated rings. The van der Waals surface area contributed by atoms with Crippen LogP contribution in [-0.2, 0) is 11.8 Å². The van der Waals surface area contributed by atoms with Crippen molar-refractivity contribution in [2.75, 3.05) is 11.4 Å². The molecule has 0 saturated carbocycles. The number of benzene rings is 1. The van der Waals surface area contributed by atoms with E-state index in [0.29, 0.717) is 6.42 Å². The molecule has 0 atom stereocenters. The molecular weight excluding hydrogens is 350 g/mol. The molecule has 0 unspecified atom stereocenters. The maximum Gasteiger partial charge on any atom is 0.227 e. The van der Waals surface area contributed by atoms with Gasteiger partial charge in [-0.3, -0.25) is 14.5 Å². The van der Waals surface area contributed by atoms with Gasteiger partial charge in [0.15, 0.2) is 5.65 Å². The molecule has 1 amide bonds. The van der Waals surface area contributed by atoms with E-state index < -0.39 is 0 Å². The fourth-order valence-corrected chi connectivity index (χ4v) is 3.80. The fraction of sp³-hybridized carbons (Fsp3) is 0.182. The molecule has 1 aromatic carbocycles. The minimum atomic E-state index is 0.203. The molecule has 0 bridgehead atoms. The maximum absolute atomic E-state index is 11.9. The Labute approximate surface area is 162 Å². The zero-order valence-electron chi connectivity index (χ0n) is 15.5. The molecule has 0 spiro atoms. The highest BCUT2D eigenvalue weighted by atomic mass is 16.2. The van der Waals surface area contributed by atoms with Crippen molar-refractivity contribution in [3.8, 4) is 22.3 Å². The second kappa shape index (κ2) is 6.56. The topological polar surface area (TPSA) is 63.9 Å². The van der Waals surface area contributed by atoms with E-state index in [1.54, 1.807) is 10.9 Å². The minimum Gasteiger partial charge on any atom is -0.312 e. The van der Waals surface area contributed by atoms with Crippen LogP contribution in [0.4, 0.5) is 5.69 Å². The van der Waals surface area contributed by atoms with Crippen molar-refractivity contribution in [1.82, 2.24) is 19.7 Å². The summed E-state index contributed by atoms with van der Waals surface area (Å²) in [4.78, 5) is 22.7. The fourth-order valence-electron chi connectivity index (χ4n) is 3.80. The molecule has 138 valence electrons. The summed E-state index contributed by atoms with van der Waals surface area (Å²) in [5.74, 6) is 0.203. The van der Waals surface area contributed by atoms with Gasteiger partial charge in [0.1, 0.15) is 0 Å². The molecule has 1 aliphatic heterocycles. The number of aryl methyl sites for hydroxylation is 1. The van der Waals surface area contributed by atoms with E-state index >= 15 is 0 Å². The highest BCUT2D eigenvalue weighted by molar-refractivity contribution is 5.96. The van der Waals surface area contributed by atoms with Crippen LogP contribution >= 0.6 is 0 Å². The van der Waals surface area contributed by atoms with Crippen LogP contribution in [0, 0.1) is 0 Å². The summed E-state index contributed by atoms with van der Waals surface area (Å²) < 4.78 is 1.77. The molecule has 5 rings (SSSR count). The zero-order chi connectivity index (χ0) is 19.1. The predicted octanol–water partition coefficient (Wildman–Crippen LogP) is 3.82. The summed E-state index contributed by atoms with van der Waals surface area (Å²) in [5, 5.41) is 5.32. The number of pyridine rings is 2. The number of carbonyl (C=O) groups excluding carboxylic acids is 1. The SMILES string of the molecule is Cn1ncc2c(-c3cncc(-c4ccc(N5CCCC5=O)cc4)c3)ccnc21. The van der Waals surface area contributed by atoms with Gasteiger partial charge < -0.3 is 4.90 Å². The highest BCUT2D eigenvalue weighted by Gasteiger charge is 2.21. The number of fused-ring (bicyclic) bond motifs is 1.